The van der Waals surface area contributed by atoms with Gasteiger partial charge in [0.25, 0.3) is 0 Å². The van der Waals surface area contributed by atoms with Crippen LogP contribution >= 0.6 is 0 Å². The van der Waals surface area contributed by atoms with Gasteiger partial charge in [0.15, 0.2) is 9.84 Å². The van der Waals surface area contributed by atoms with Crippen LogP contribution in [-0.4, -0.2) is 35.9 Å². The molecule has 2 aromatic rings. The van der Waals surface area contributed by atoms with E-state index >= 15 is 0 Å². The smallest absolute Gasteiger partial charge is 0.225 e. The van der Waals surface area contributed by atoms with E-state index in [2.05, 4.69) is 20.6 Å². The first-order valence-electron chi connectivity index (χ1n) is 7.56. The minimum atomic E-state index is -2.92. The first-order chi connectivity index (χ1) is 10.9. The van der Waals surface area contributed by atoms with Gasteiger partial charge in [-0.3, -0.25) is 0 Å². The van der Waals surface area contributed by atoms with E-state index in [0.29, 0.717) is 18.2 Å². The van der Waals surface area contributed by atoms with Gasteiger partial charge in [0, 0.05) is 23.5 Å². The molecule has 1 fully saturated rings. The summed E-state index contributed by atoms with van der Waals surface area (Å²) < 4.78 is 23.1. The van der Waals surface area contributed by atoms with Crippen molar-refractivity contribution in [3.63, 3.8) is 0 Å². The topological polar surface area (TPSA) is 84.0 Å². The molecule has 1 atom stereocenters. The fourth-order valence-electron chi connectivity index (χ4n) is 2.66. The van der Waals surface area contributed by atoms with Crippen molar-refractivity contribution in [1.82, 2.24) is 9.97 Å². The molecule has 3 rings (SSSR count). The molecule has 0 saturated carbocycles. The lowest BCUT2D eigenvalue weighted by Crippen LogP contribution is -2.22. The molecule has 1 saturated heterocycles. The SMILES string of the molecule is Cc1cccc(Nc2cc(C)nc(NC3CCS(=O)(=O)C3)n2)c1. The molecule has 1 unspecified atom stereocenters. The summed E-state index contributed by atoms with van der Waals surface area (Å²) >= 11 is 0. The Hall–Kier alpha value is -2.15. The summed E-state index contributed by atoms with van der Waals surface area (Å²) in [4.78, 5) is 8.79. The number of nitrogens with zero attached hydrogens (tertiary/aromatic N) is 2. The molecule has 2 heterocycles. The third-order valence-electron chi connectivity index (χ3n) is 3.71. The Bertz CT molecular complexity index is 821. The number of anilines is 3. The Morgan fingerprint density at radius 1 is 1.17 bits per heavy atom. The number of nitrogens with one attached hydrogen (secondary N) is 2. The van der Waals surface area contributed by atoms with Gasteiger partial charge >= 0.3 is 0 Å². The predicted molar refractivity (Wildman–Crippen MR) is 91.9 cm³/mol. The molecule has 23 heavy (non-hydrogen) atoms. The number of aryl methyl sites for hydroxylation is 2. The number of rotatable bonds is 4. The highest BCUT2D eigenvalue weighted by Gasteiger charge is 2.28. The quantitative estimate of drug-likeness (QED) is 0.894. The molecule has 7 heteroatoms. The molecule has 122 valence electrons. The van der Waals surface area contributed by atoms with E-state index in [4.69, 9.17) is 0 Å². The van der Waals surface area contributed by atoms with Crippen LogP contribution in [0.5, 0.6) is 0 Å². The maximum absolute atomic E-state index is 11.5. The number of hydrogen-bond donors (Lipinski definition) is 2. The highest BCUT2D eigenvalue weighted by atomic mass is 32.2. The Kier molecular flexibility index (Phi) is 4.21. The summed E-state index contributed by atoms with van der Waals surface area (Å²) in [6.07, 6.45) is 0.597. The standard InChI is InChI=1S/C16H20N4O2S/c1-11-4-3-5-13(8-11)18-15-9-12(2)17-16(20-15)19-14-6-7-23(21,22)10-14/h3-5,8-9,14H,6-7,10H2,1-2H3,(H2,17,18,19,20). The molecule has 1 aromatic carbocycles. The molecular formula is C16H20N4O2S. The number of aromatic nitrogens is 2. The van der Waals surface area contributed by atoms with E-state index in [1.165, 1.54) is 0 Å². The summed E-state index contributed by atoms with van der Waals surface area (Å²) in [5.41, 5.74) is 2.94. The van der Waals surface area contributed by atoms with Gasteiger partial charge in [-0.25, -0.2) is 13.4 Å². The highest BCUT2D eigenvalue weighted by Crippen LogP contribution is 2.20. The normalized spacial score (nSPS) is 19.5. The first kappa shape index (κ1) is 15.7. The Labute approximate surface area is 136 Å². The number of sulfone groups is 1. The second-order valence-electron chi connectivity index (χ2n) is 5.96. The zero-order valence-corrected chi connectivity index (χ0v) is 14.0. The molecule has 1 aliphatic rings. The van der Waals surface area contributed by atoms with Gasteiger partial charge in [-0.1, -0.05) is 12.1 Å². The van der Waals surface area contributed by atoms with E-state index in [1.54, 1.807) is 0 Å². The van der Waals surface area contributed by atoms with Gasteiger partial charge in [0.2, 0.25) is 5.95 Å². The zero-order valence-electron chi connectivity index (χ0n) is 13.2. The minimum absolute atomic E-state index is 0.117. The van der Waals surface area contributed by atoms with E-state index in [1.807, 2.05) is 44.2 Å². The lowest BCUT2D eigenvalue weighted by atomic mass is 10.2. The Morgan fingerprint density at radius 3 is 2.70 bits per heavy atom. The lowest BCUT2D eigenvalue weighted by molar-refractivity contribution is 0.602. The fraction of sp³-hybridized carbons (Fsp3) is 0.375. The van der Waals surface area contributed by atoms with Gasteiger partial charge in [0.1, 0.15) is 5.82 Å². The summed E-state index contributed by atoms with van der Waals surface area (Å²) in [6, 6.07) is 9.76. The first-order valence-corrected chi connectivity index (χ1v) is 9.38. The molecule has 0 radical (unpaired) electrons. The van der Waals surface area contributed by atoms with Crippen LogP contribution in [0.25, 0.3) is 0 Å². The summed E-state index contributed by atoms with van der Waals surface area (Å²) in [5, 5.41) is 6.39. The molecule has 0 spiro atoms. The minimum Gasteiger partial charge on any atom is -0.350 e. The maximum atomic E-state index is 11.5. The average molecular weight is 332 g/mol. The monoisotopic (exact) mass is 332 g/mol. The average Bonchev–Trinajstić information content (AvgIpc) is 2.77. The van der Waals surface area contributed by atoms with Crippen molar-refractivity contribution < 1.29 is 8.42 Å². The van der Waals surface area contributed by atoms with Crippen molar-refractivity contribution >= 4 is 27.3 Å². The van der Waals surface area contributed by atoms with E-state index in [9.17, 15) is 8.42 Å². The molecule has 0 amide bonds. The van der Waals surface area contributed by atoms with Gasteiger partial charge in [-0.15, -0.1) is 0 Å². The van der Waals surface area contributed by atoms with Crippen molar-refractivity contribution in [2.45, 2.75) is 26.3 Å². The van der Waals surface area contributed by atoms with Crippen molar-refractivity contribution in [2.75, 3.05) is 22.1 Å². The van der Waals surface area contributed by atoms with Crippen molar-refractivity contribution in [3.8, 4) is 0 Å². The van der Waals surface area contributed by atoms with Crippen LogP contribution in [-0.2, 0) is 9.84 Å². The Morgan fingerprint density at radius 2 is 2.00 bits per heavy atom. The summed E-state index contributed by atoms with van der Waals surface area (Å²) in [7, 11) is -2.92. The number of hydrogen-bond acceptors (Lipinski definition) is 6. The van der Waals surface area contributed by atoms with Crippen LogP contribution in [0.4, 0.5) is 17.5 Å². The van der Waals surface area contributed by atoms with Crippen LogP contribution in [0.1, 0.15) is 17.7 Å². The van der Waals surface area contributed by atoms with E-state index in [0.717, 1.165) is 16.9 Å². The van der Waals surface area contributed by atoms with E-state index < -0.39 is 9.84 Å². The van der Waals surface area contributed by atoms with Gasteiger partial charge in [0.05, 0.1) is 11.5 Å². The Balaban J connectivity index is 1.76. The lowest BCUT2D eigenvalue weighted by Gasteiger charge is -2.13. The molecule has 2 N–H and O–H groups in total. The van der Waals surface area contributed by atoms with Crippen LogP contribution in [0.15, 0.2) is 30.3 Å². The second kappa shape index (κ2) is 6.16. The summed E-state index contributed by atoms with van der Waals surface area (Å²) in [6.45, 7) is 3.92. The van der Waals surface area contributed by atoms with Gasteiger partial charge < -0.3 is 10.6 Å². The largest absolute Gasteiger partial charge is 0.350 e. The van der Waals surface area contributed by atoms with Crippen molar-refractivity contribution in [2.24, 2.45) is 0 Å². The van der Waals surface area contributed by atoms with E-state index in [-0.39, 0.29) is 17.5 Å². The van der Waals surface area contributed by atoms with Gasteiger partial charge in [-0.05, 0) is 38.0 Å². The molecule has 0 aliphatic carbocycles. The zero-order chi connectivity index (χ0) is 16.4. The van der Waals surface area contributed by atoms with Crippen LogP contribution < -0.4 is 10.6 Å². The van der Waals surface area contributed by atoms with Crippen LogP contribution in [0.2, 0.25) is 0 Å². The third-order valence-corrected chi connectivity index (χ3v) is 5.48. The van der Waals surface area contributed by atoms with Crippen LogP contribution in [0, 0.1) is 13.8 Å². The third kappa shape index (κ3) is 4.19. The predicted octanol–water partition coefficient (Wildman–Crippen LogP) is 2.44. The second-order valence-corrected chi connectivity index (χ2v) is 8.19. The fourth-order valence-corrected chi connectivity index (χ4v) is 4.33. The maximum Gasteiger partial charge on any atom is 0.225 e. The summed E-state index contributed by atoms with van der Waals surface area (Å²) in [5.74, 6) is 1.52. The van der Waals surface area contributed by atoms with Crippen molar-refractivity contribution in [1.29, 1.82) is 0 Å². The van der Waals surface area contributed by atoms with Crippen molar-refractivity contribution in [3.05, 3.63) is 41.6 Å². The van der Waals surface area contributed by atoms with Crippen LogP contribution in [0.3, 0.4) is 0 Å². The molecule has 0 bridgehead atoms. The molecule has 1 aromatic heterocycles. The molecule has 1 aliphatic heterocycles. The number of benzene rings is 1. The molecular weight excluding hydrogens is 312 g/mol. The molecule has 6 nitrogen and oxygen atoms in total. The highest BCUT2D eigenvalue weighted by molar-refractivity contribution is 7.91. The van der Waals surface area contributed by atoms with Gasteiger partial charge in [-0.2, -0.15) is 4.98 Å².